The summed E-state index contributed by atoms with van der Waals surface area (Å²) in [6.07, 6.45) is 5.21. The molecule has 1 heterocycles. The zero-order valence-corrected chi connectivity index (χ0v) is 7.86. The summed E-state index contributed by atoms with van der Waals surface area (Å²) in [5.74, 6) is 0. The van der Waals surface area contributed by atoms with Crippen LogP contribution in [0.2, 0.25) is 0 Å². The van der Waals surface area contributed by atoms with Crippen molar-refractivity contribution in [3.8, 4) is 0 Å². The van der Waals surface area contributed by atoms with Crippen LogP contribution >= 0.6 is 11.3 Å². The van der Waals surface area contributed by atoms with Gasteiger partial charge in [-0.25, -0.2) is 0 Å². The van der Waals surface area contributed by atoms with Crippen molar-refractivity contribution in [1.82, 2.24) is 0 Å². The Morgan fingerprint density at radius 1 is 1.58 bits per heavy atom. The van der Waals surface area contributed by atoms with E-state index in [-0.39, 0.29) is 0 Å². The van der Waals surface area contributed by atoms with Crippen LogP contribution in [-0.4, -0.2) is 6.04 Å². The Morgan fingerprint density at radius 2 is 2.42 bits per heavy atom. The fraction of sp³-hybridized carbons (Fsp3) is 0.600. The van der Waals surface area contributed by atoms with Crippen LogP contribution in [0.15, 0.2) is 11.4 Å². The van der Waals surface area contributed by atoms with E-state index >= 15 is 0 Å². The second kappa shape index (κ2) is 2.12. The minimum Gasteiger partial charge on any atom is -0.327 e. The normalized spacial score (nSPS) is 38.2. The molecule has 2 unspecified atom stereocenters. The molecule has 0 bridgehead atoms. The second-order valence-electron chi connectivity index (χ2n) is 4.08. The highest BCUT2D eigenvalue weighted by molar-refractivity contribution is 7.10. The molecule has 0 aromatic carbocycles. The molecule has 1 aromatic heterocycles. The van der Waals surface area contributed by atoms with E-state index in [4.69, 9.17) is 5.73 Å². The van der Waals surface area contributed by atoms with Gasteiger partial charge in [-0.05, 0) is 42.7 Å². The zero-order chi connectivity index (χ0) is 8.18. The predicted molar refractivity (Wildman–Crippen MR) is 51.5 cm³/mol. The molecule has 1 nitrogen and oxygen atoms in total. The molecule has 0 amide bonds. The van der Waals surface area contributed by atoms with Crippen LogP contribution in [0.1, 0.15) is 29.7 Å². The first-order valence-corrected chi connectivity index (χ1v) is 5.53. The highest BCUT2D eigenvalue weighted by Gasteiger charge is 2.54. The largest absolute Gasteiger partial charge is 0.327 e. The summed E-state index contributed by atoms with van der Waals surface area (Å²) < 4.78 is 0. The molecule has 64 valence electrons. The molecular formula is C10H13NS. The number of nitrogens with two attached hydrogens (primary N) is 1. The lowest BCUT2D eigenvalue weighted by Crippen LogP contribution is -2.22. The number of hydrogen-bond acceptors (Lipinski definition) is 2. The van der Waals surface area contributed by atoms with Crippen molar-refractivity contribution in [1.29, 1.82) is 0 Å². The van der Waals surface area contributed by atoms with Gasteiger partial charge in [0.1, 0.15) is 0 Å². The Balaban J connectivity index is 2.11. The summed E-state index contributed by atoms with van der Waals surface area (Å²) in [6, 6.07) is 2.76. The number of rotatable bonds is 0. The Bertz CT molecular complexity index is 317. The van der Waals surface area contributed by atoms with Crippen molar-refractivity contribution in [2.45, 2.75) is 37.1 Å². The smallest absolute Gasteiger partial charge is 0.0146 e. The maximum absolute atomic E-state index is 6.01. The van der Waals surface area contributed by atoms with Crippen LogP contribution in [0.25, 0.3) is 0 Å². The quantitative estimate of drug-likeness (QED) is 0.648. The maximum Gasteiger partial charge on any atom is 0.0146 e. The van der Waals surface area contributed by atoms with Crippen LogP contribution < -0.4 is 5.73 Å². The Labute approximate surface area is 76.6 Å². The van der Waals surface area contributed by atoms with Crippen molar-refractivity contribution in [2.75, 3.05) is 0 Å². The van der Waals surface area contributed by atoms with E-state index in [1.54, 1.807) is 10.4 Å². The number of hydrogen-bond donors (Lipinski definition) is 1. The molecule has 2 aliphatic carbocycles. The standard InChI is InChI=1S/C10H13NS/c11-9-6-10(9)4-1-2-8-7(10)3-5-12-8/h3,5,9H,1-2,4,6,11H2. The van der Waals surface area contributed by atoms with Gasteiger partial charge >= 0.3 is 0 Å². The van der Waals surface area contributed by atoms with Gasteiger partial charge in [0.2, 0.25) is 0 Å². The highest BCUT2D eigenvalue weighted by atomic mass is 32.1. The molecule has 1 spiro atoms. The van der Waals surface area contributed by atoms with Gasteiger partial charge in [-0.2, -0.15) is 0 Å². The van der Waals surface area contributed by atoms with E-state index in [1.807, 2.05) is 11.3 Å². The van der Waals surface area contributed by atoms with Gasteiger partial charge in [-0.15, -0.1) is 11.3 Å². The lowest BCUT2D eigenvalue weighted by atomic mass is 9.84. The maximum atomic E-state index is 6.01. The van der Waals surface area contributed by atoms with E-state index in [0.29, 0.717) is 11.5 Å². The molecule has 2 N–H and O–H groups in total. The molecule has 1 saturated carbocycles. The first kappa shape index (κ1) is 7.10. The monoisotopic (exact) mass is 179 g/mol. The Kier molecular flexibility index (Phi) is 1.25. The summed E-state index contributed by atoms with van der Waals surface area (Å²) in [5, 5.41) is 2.22. The van der Waals surface area contributed by atoms with Crippen LogP contribution in [-0.2, 0) is 11.8 Å². The van der Waals surface area contributed by atoms with E-state index in [0.717, 1.165) is 0 Å². The summed E-state index contributed by atoms with van der Waals surface area (Å²) in [5.41, 5.74) is 8.04. The van der Waals surface area contributed by atoms with Crippen LogP contribution in [0.4, 0.5) is 0 Å². The van der Waals surface area contributed by atoms with Gasteiger partial charge in [0.05, 0.1) is 0 Å². The lowest BCUT2D eigenvalue weighted by Gasteiger charge is -2.22. The van der Waals surface area contributed by atoms with E-state index in [1.165, 1.54) is 25.7 Å². The molecule has 12 heavy (non-hydrogen) atoms. The average Bonchev–Trinajstić information content (AvgIpc) is 2.53. The molecule has 0 radical (unpaired) electrons. The first-order valence-electron chi connectivity index (χ1n) is 4.65. The van der Waals surface area contributed by atoms with E-state index in [2.05, 4.69) is 11.4 Å². The van der Waals surface area contributed by atoms with E-state index in [9.17, 15) is 0 Å². The molecule has 1 aromatic rings. The third kappa shape index (κ3) is 0.723. The fourth-order valence-corrected chi connectivity index (χ4v) is 3.64. The SMILES string of the molecule is NC1CC12CCCc1sccc12. The van der Waals surface area contributed by atoms with E-state index < -0.39 is 0 Å². The van der Waals surface area contributed by atoms with Crippen LogP contribution in [0, 0.1) is 0 Å². The highest BCUT2D eigenvalue weighted by Crippen LogP contribution is 2.55. The van der Waals surface area contributed by atoms with Crippen molar-refractivity contribution >= 4 is 11.3 Å². The minimum absolute atomic E-state index is 0.438. The van der Waals surface area contributed by atoms with Gasteiger partial charge in [-0.3, -0.25) is 0 Å². The molecule has 2 heteroatoms. The summed E-state index contributed by atoms with van der Waals surface area (Å²) >= 11 is 1.91. The average molecular weight is 179 g/mol. The molecular weight excluding hydrogens is 166 g/mol. The Morgan fingerprint density at radius 3 is 3.17 bits per heavy atom. The topological polar surface area (TPSA) is 26.0 Å². The fourth-order valence-electron chi connectivity index (χ4n) is 2.61. The van der Waals surface area contributed by atoms with Crippen LogP contribution in [0.5, 0.6) is 0 Å². The summed E-state index contributed by atoms with van der Waals surface area (Å²) in [4.78, 5) is 1.61. The number of fused-ring (bicyclic) bond motifs is 2. The van der Waals surface area contributed by atoms with Gasteiger partial charge in [0.25, 0.3) is 0 Å². The summed E-state index contributed by atoms with van der Waals surface area (Å²) in [6.45, 7) is 0. The molecule has 0 saturated heterocycles. The van der Waals surface area contributed by atoms with Gasteiger partial charge < -0.3 is 5.73 Å². The second-order valence-corrected chi connectivity index (χ2v) is 5.08. The van der Waals surface area contributed by atoms with Gasteiger partial charge in [0, 0.05) is 16.3 Å². The first-order chi connectivity index (χ1) is 5.83. The number of aryl methyl sites for hydroxylation is 1. The molecule has 3 rings (SSSR count). The molecule has 1 fully saturated rings. The third-order valence-corrected chi connectivity index (χ3v) is 4.42. The van der Waals surface area contributed by atoms with Crippen molar-refractivity contribution in [3.63, 3.8) is 0 Å². The molecule has 2 aliphatic rings. The predicted octanol–water partition coefficient (Wildman–Crippen LogP) is 2.05. The minimum atomic E-state index is 0.438. The zero-order valence-electron chi connectivity index (χ0n) is 7.05. The summed E-state index contributed by atoms with van der Waals surface area (Å²) in [7, 11) is 0. The van der Waals surface area contributed by atoms with Crippen LogP contribution in [0.3, 0.4) is 0 Å². The van der Waals surface area contributed by atoms with Gasteiger partial charge in [0.15, 0.2) is 0 Å². The van der Waals surface area contributed by atoms with Gasteiger partial charge in [-0.1, -0.05) is 0 Å². The third-order valence-electron chi connectivity index (χ3n) is 3.44. The van der Waals surface area contributed by atoms with Crippen molar-refractivity contribution in [2.24, 2.45) is 5.73 Å². The van der Waals surface area contributed by atoms with Crippen molar-refractivity contribution in [3.05, 3.63) is 21.9 Å². The lowest BCUT2D eigenvalue weighted by molar-refractivity contribution is 0.532. The Hall–Kier alpha value is -0.340. The molecule has 2 atom stereocenters. The number of thiophene rings is 1. The van der Waals surface area contributed by atoms with Crippen molar-refractivity contribution < 1.29 is 0 Å². The molecule has 0 aliphatic heterocycles.